The summed E-state index contributed by atoms with van der Waals surface area (Å²) in [6, 6.07) is 5.35. The van der Waals surface area contributed by atoms with Crippen molar-refractivity contribution in [3.05, 3.63) is 29.3 Å². The van der Waals surface area contributed by atoms with Crippen LogP contribution in [0.25, 0.3) is 0 Å². The molecule has 0 spiro atoms. The summed E-state index contributed by atoms with van der Waals surface area (Å²) in [5.41, 5.74) is 2.15. The van der Waals surface area contributed by atoms with Crippen LogP contribution in [-0.4, -0.2) is 32.4 Å². The smallest absolute Gasteiger partial charge is 0.243 e. The lowest BCUT2D eigenvalue weighted by Crippen LogP contribution is -2.30. The molecule has 0 radical (unpaired) electrons. The van der Waals surface area contributed by atoms with Crippen molar-refractivity contribution in [3.63, 3.8) is 0 Å². The molecule has 108 valence electrons. The van der Waals surface area contributed by atoms with Crippen LogP contribution in [0.2, 0.25) is 0 Å². The van der Waals surface area contributed by atoms with Crippen molar-refractivity contribution in [2.75, 3.05) is 19.6 Å². The van der Waals surface area contributed by atoms with Crippen molar-refractivity contribution in [3.8, 4) is 0 Å². The van der Waals surface area contributed by atoms with Crippen LogP contribution in [0.4, 0.5) is 0 Å². The normalized spacial score (nSPS) is 12.1. The van der Waals surface area contributed by atoms with Crippen LogP contribution in [-0.2, 0) is 16.6 Å². The highest BCUT2D eigenvalue weighted by Gasteiger charge is 2.21. The number of benzene rings is 1. The van der Waals surface area contributed by atoms with Crippen molar-refractivity contribution in [1.82, 2.24) is 9.62 Å². The Morgan fingerprint density at radius 1 is 1.16 bits per heavy atom. The second-order valence-electron chi connectivity index (χ2n) is 4.46. The van der Waals surface area contributed by atoms with Gasteiger partial charge in [-0.1, -0.05) is 26.8 Å². The molecule has 0 fully saturated rings. The standard InChI is InChI=1S/C14H24N2O2S/c1-5-15-11-13-10-14(9-8-12(13)4)19(17,18)16(6-2)7-3/h8-10,15H,5-7,11H2,1-4H3. The molecule has 0 saturated carbocycles. The van der Waals surface area contributed by atoms with Gasteiger partial charge in [0.2, 0.25) is 10.0 Å². The molecular formula is C14H24N2O2S. The Bertz CT molecular complexity index is 508. The second kappa shape index (κ2) is 7.03. The predicted octanol–water partition coefficient (Wildman–Crippen LogP) is 2.14. The molecule has 0 aliphatic heterocycles. The number of hydrogen-bond donors (Lipinski definition) is 1. The minimum Gasteiger partial charge on any atom is -0.313 e. The first-order valence-electron chi connectivity index (χ1n) is 6.77. The van der Waals surface area contributed by atoms with Gasteiger partial charge >= 0.3 is 0 Å². The minimum absolute atomic E-state index is 0.384. The maximum absolute atomic E-state index is 12.4. The maximum atomic E-state index is 12.4. The summed E-state index contributed by atoms with van der Waals surface area (Å²) in [6.45, 7) is 10.3. The Hall–Kier alpha value is -0.910. The van der Waals surface area contributed by atoms with Crippen LogP contribution in [0.15, 0.2) is 23.1 Å². The largest absolute Gasteiger partial charge is 0.313 e. The van der Waals surface area contributed by atoms with E-state index >= 15 is 0 Å². The zero-order valence-electron chi connectivity index (χ0n) is 12.2. The van der Waals surface area contributed by atoms with Crippen LogP contribution in [0, 0.1) is 6.92 Å². The molecule has 0 aliphatic carbocycles. The van der Waals surface area contributed by atoms with Gasteiger partial charge in [0.25, 0.3) is 0 Å². The van der Waals surface area contributed by atoms with E-state index in [-0.39, 0.29) is 0 Å². The third-order valence-corrected chi connectivity index (χ3v) is 5.28. The molecule has 0 aromatic heterocycles. The van der Waals surface area contributed by atoms with Gasteiger partial charge in [-0.25, -0.2) is 8.42 Å². The molecule has 0 amide bonds. The number of sulfonamides is 1. The van der Waals surface area contributed by atoms with Crippen LogP contribution < -0.4 is 5.32 Å². The minimum atomic E-state index is -3.36. The molecule has 0 bridgehead atoms. The quantitative estimate of drug-likeness (QED) is 0.834. The zero-order valence-corrected chi connectivity index (χ0v) is 13.0. The van der Waals surface area contributed by atoms with Gasteiger partial charge in [0.05, 0.1) is 4.90 Å². The molecule has 0 aliphatic rings. The van der Waals surface area contributed by atoms with Gasteiger partial charge in [-0.2, -0.15) is 4.31 Å². The zero-order chi connectivity index (χ0) is 14.5. The van der Waals surface area contributed by atoms with Crippen LogP contribution >= 0.6 is 0 Å². The average Bonchev–Trinajstić information content (AvgIpc) is 2.38. The van der Waals surface area contributed by atoms with Gasteiger partial charge in [0, 0.05) is 19.6 Å². The monoisotopic (exact) mass is 284 g/mol. The molecule has 0 saturated heterocycles. The Kier molecular flexibility index (Phi) is 5.97. The van der Waals surface area contributed by atoms with Crippen molar-refractivity contribution < 1.29 is 8.42 Å². The lowest BCUT2D eigenvalue weighted by Gasteiger charge is -2.19. The van der Waals surface area contributed by atoms with Crippen molar-refractivity contribution in [1.29, 1.82) is 0 Å². The Morgan fingerprint density at radius 2 is 1.79 bits per heavy atom. The van der Waals surface area contributed by atoms with E-state index in [0.29, 0.717) is 24.5 Å². The van der Waals surface area contributed by atoms with Gasteiger partial charge in [-0.05, 0) is 36.7 Å². The summed E-state index contributed by atoms with van der Waals surface area (Å²) in [7, 11) is -3.36. The number of hydrogen-bond acceptors (Lipinski definition) is 3. The molecular weight excluding hydrogens is 260 g/mol. The first-order chi connectivity index (χ1) is 8.97. The molecule has 0 unspecified atom stereocenters. The van der Waals surface area contributed by atoms with E-state index in [2.05, 4.69) is 5.32 Å². The van der Waals surface area contributed by atoms with E-state index < -0.39 is 10.0 Å². The Morgan fingerprint density at radius 3 is 2.32 bits per heavy atom. The highest BCUT2D eigenvalue weighted by atomic mass is 32.2. The van der Waals surface area contributed by atoms with Crippen molar-refractivity contribution >= 4 is 10.0 Å². The third kappa shape index (κ3) is 3.78. The topological polar surface area (TPSA) is 49.4 Å². The van der Waals surface area contributed by atoms with Crippen molar-refractivity contribution in [2.24, 2.45) is 0 Å². The number of rotatable bonds is 7. The summed E-state index contributed by atoms with van der Waals surface area (Å²) in [5, 5.41) is 3.23. The Labute approximate surface area is 116 Å². The summed E-state index contributed by atoms with van der Waals surface area (Å²) >= 11 is 0. The SMILES string of the molecule is CCNCc1cc(S(=O)(=O)N(CC)CC)ccc1C. The van der Waals surface area contributed by atoms with E-state index in [9.17, 15) is 8.42 Å². The van der Waals surface area contributed by atoms with E-state index in [4.69, 9.17) is 0 Å². The molecule has 5 heteroatoms. The molecule has 1 N–H and O–H groups in total. The van der Waals surface area contributed by atoms with Gasteiger partial charge in [-0.3, -0.25) is 0 Å². The fourth-order valence-corrected chi connectivity index (χ4v) is 3.48. The van der Waals surface area contributed by atoms with Gasteiger partial charge < -0.3 is 5.32 Å². The fraction of sp³-hybridized carbons (Fsp3) is 0.571. The summed E-state index contributed by atoms with van der Waals surface area (Å²) in [4.78, 5) is 0.384. The van der Waals surface area contributed by atoms with Crippen molar-refractivity contribution in [2.45, 2.75) is 39.1 Å². The summed E-state index contributed by atoms with van der Waals surface area (Å²) in [6.07, 6.45) is 0. The molecule has 19 heavy (non-hydrogen) atoms. The van der Waals surface area contributed by atoms with E-state index in [1.54, 1.807) is 12.1 Å². The van der Waals surface area contributed by atoms with Gasteiger partial charge in [0.1, 0.15) is 0 Å². The highest BCUT2D eigenvalue weighted by molar-refractivity contribution is 7.89. The summed E-state index contributed by atoms with van der Waals surface area (Å²) < 4.78 is 26.4. The first-order valence-corrected chi connectivity index (χ1v) is 8.21. The van der Waals surface area contributed by atoms with E-state index in [1.807, 2.05) is 33.8 Å². The maximum Gasteiger partial charge on any atom is 0.243 e. The lowest BCUT2D eigenvalue weighted by atomic mass is 10.1. The third-order valence-electron chi connectivity index (χ3n) is 3.23. The molecule has 1 aromatic carbocycles. The average molecular weight is 284 g/mol. The number of aryl methyl sites for hydroxylation is 1. The fourth-order valence-electron chi connectivity index (χ4n) is 1.97. The van der Waals surface area contributed by atoms with E-state index in [1.165, 1.54) is 4.31 Å². The molecule has 4 nitrogen and oxygen atoms in total. The van der Waals surface area contributed by atoms with Gasteiger partial charge in [-0.15, -0.1) is 0 Å². The number of nitrogens with one attached hydrogen (secondary N) is 1. The molecule has 1 rings (SSSR count). The Balaban J connectivity index is 3.14. The first kappa shape index (κ1) is 16.1. The van der Waals surface area contributed by atoms with Crippen LogP contribution in [0.5, 0.6) is 0 Å². The van der Waals surface area contributed by atoms with Gasteiger partial charge in [0.15, 0.2) is 0 Å². The van der Waals surface area contributed by atoms with Crippen LogP contribution in [0.1, 0.15) is 31.9 Å². The molecule has 0 atom stereocenters. The predicted molar refractivity (Wildman–Crippen MR) is 78.7 cm³/mol. The lowest BCUT2D eigenvalue weighted by molar-refractivity contribution is 0.445. The second-order valence-corrected chi connectivity index (χ2v) is 6.40. The van der Waals surface area contributed by atoms with E-state index in [0.717, 1.165) is 17.7 Å². The molecule has 0 heterocycles. The summed E-state index contributed by atoms with van der Waals surface area (Å²) in [5.74, 6) is 0. The van der Waals surface area contributed by atoms with Crippen LogP contribution in [0.3, 0.4) is 0 Å². The molecule has 1 aromatic rings. The highest BCUT2D eigenvalue weighted by Crippen LogP contribution is 2.19. The number of nitrogens with zero attached hydrogens (tertiary/aromatic N) is 1.